The molecule has 1 atom stereocenters. The molecular formula is C28H31N3O6. The first-order chi connectivity index (χ1) is 18.0. The fourth-order valence-electron chi connectivity index (χ4n) is 3.43. The van der Waals surface area contributed by atoms with Crippen LogP contribution in [0.2, 0.25) is 0 Å². The summed E-state index contributed by atoms with van der Waals surface area (Å²) in [6.45, 7) is 2.32. The van der Waals surface area contributed by atoms with Crippen LogP contribution in [0.4, 0.5) is 4.79 Å². The van der Waals surface area contributed by atoms with Gasteiger partial charge in [-0.1, -0.05) is 42.5 Å². The van der Waals surface area contributed by atoms with Crippen molar-refractivity contribution < 1.29 is 28.5 Å². The van der Waals surface area contributed by atoms with Crippen LogP contribution in [-0.2, 0) is 16.1 Å². The number of hydrogen-bond acceptors (Lipinski definition) is 7. The van der Waals surface area contributed by atoms with Gasteiger partial charge in [0.1, 0.15) is 12.4 Å². The maximum Gasteiger partial charge on any atom is 0.407 e. The highest BCUT2D eigenvalue weighted by Gasteiger charge is 2.18. The molecule has 0 fully saturated rings. The lowest BCUT2D eigenvalue weighted by molar-refractivity contribution is -0.121. The van der Waals surface area contributed by atoms with Gasteiger partial charge in [-0.2, -0.15) is 5.10 Å². The second kappa shape index (κ2) is 14.1. The van der Waals surface area contributed by atoms with Crippen molar-refractivity contribution in [2.45, 2.75) is 26.0 Å². The van der Waals surface area contributed by atoms with Crippen LogP contribution in [0.3, 0.4) is 0 Å². The van der Waals surface area contributed by atoms with Gasteiger partial charge in [-0.25, -0.2) is 10.2 Å². The molecule has 37 heavy (non-hydrogen) atoms. The third kappa shape index (κ3) is 8.57. The molecule has 3 aromatic carbocycles. The minimum atomic E-state index is -0.589. The van der Waals surface area contributed by atoms with E-state index in [9.17, 15) is 9.59 Å². The summed E-state index contributed by atoms with van der Waals surface area (Å²) >= 11 is 0. The Hall–Kier alpha value is -4.53. The summed E-state index contributed by atoms with van der Waals surface area (Å²) in [5.74, 6) is 1.53. The molecule has 2 amide bonds. The molecule has 194 valence electrons. The number of benzene rings is 3. The van der Waals surface area contributed by atoms with Crippen molar-refractivity contribution in [2.24, 2.45) is 5.10 Å². The molecule has 3 aromatic rings. The second-order valence-electron chi connectivity index (χ2n) is 7.87. The predicted octanol–water partition coefficient (Wildman–Crippen LogP) is 4.61. The predicted molar refractivity (Wildman–Crippen MR) is 140 cm³/mol. The van der Waals surface area contributed by atoms with E-state index >= 15 is 0 Å². The Morgan fingerprint density at radius 1 is 0.946 bits per heavy atom. The van der Waals surface area contributed by atoms with E-state index in [1.54, 1.807) is 39.3 Å². The summed E-state index contributed by atoms with van der Waals surface area (Å²) in [6.07, 6.45) is 0.903. The summed E-state index contributed by atoms with van der Waals surface area (Å²) in [6, 6.07) is 21.6. The zero-order chi connectivity index (χ0) is 26.5. The van der Waals surface area contributed by atoms with Gasteiger partial charge in [0.25, 0.3) is 0 Å². The van der Waals surface area contributed by atoms with Crippen LogP contribution >= 0.6 is 0 Å². The molecular weight excluding hydrogens is 474 g/mol. The third-order valence-electron chi connectivity index (χ3n) is 5.30. The number of rotatable bonds is 12. The van der Waals surface area contributed by atoms with Gasteiger partial charge in [0.05, 0.1) is 39.5 Å². The summed E-state index contributed by atoms with van der Waals surface area (Å²) in [4.78, 5) is 24.5. The smallest absolute Gasteiger partial charge is 0.407 e. The minimum Gasteiger partial charge on any atom is -0.497 e. The molecule has 0 aliphatic rings. The molecule has 3 rings (SSSR count). The minimum absolute atomic E-state index is 0.0123. The maximum atomic E-state index is 12.5. The van der Waals surface area contributed by atoms with E-state index in [1.807, 2.05) is 54.6 Å². The number of nitrogens with one attached hydrogen (secondary N) is 2. The van der Waals surface area contributed by atoms with Crippen molar-refractivity contribution in [1.29, 1.82) is 0 Å². The molecule has 0 aromatic heterocycles. The zero-order valence-corrected chi connectivity index (χ0v) is 21.1. The first kappa shape index (κ1) is 27.1. The quantitative estimate of drug-likeness (QED) is 0.275. The van der Waals surface area contributed by atoms with Gasteiger partial charge in [-0.15, -0.1) is 0 Å². The molecule has 0 heterocycles. The van der Waals surface area contributed by atoms with Gasteiger partial charge in [-0.3, -0.25) is 4.79 Å². The fourth-order valence-corrected chi connectivity index (χ4v) is 3.43. The number of hydrogen-bond donors (Lipinski definition) is 2. The summed E-state index contributed by atoms with van der Waals surface area (Å²) in [5.41, 5.74) is 4.98. The van der Waals surface area contributed by atoms with Crippen LogP contribution < -0.4 is 25.0 Å². The Balaban J connectivity index is 1.58. The Labute approximate surface area is 216 Å². The first-order valence-electron chi connectivity index (χ1n) is 11.8. The Morgan fingerprint density at radius 2 is 1.70 bits per heavy atom. The zero-order valence-electron chi connectivity index (χ0n) is 21.1. The van der Waals surface area contributed by atoms with Crippen molar-refractivity contribution in [3.63, 3.8) is 0 Å². The van der Waals surface area contributed by atoms with E-state index in [1.165, 1.54) is 6.21 Å². The first-order valence-corrected chi connectivity index (χ1v) is 11.8. The summed E-state index contributed by atoms with van der Waals surface area (Å²) in [5, 5.41) is 6.76. The van der Waals surface area contributed by atoms with Gasteiger partial charge in [0.15, 0.2) is 11.5 Å². The largest absolute Gasteiger partial charge is 0.497 e. The number of amides is 2. The lowest BCUT2D eigenvalue weighted by Crippen LogP contribution is -2.33. The molecule has 9 nitrogen and oxygen atoms in total. The Kier molecular flexibility index (Phi) is 10.3. The average molecular weight is 506 g/mol. The molecule has 0 aliphatic heterocycles. The lowest BCUT2D eigenvalue weighted by Gasteiger charge is -2.18. The maximum absolute atomic E-state index is 12.5. The number of alkyl carbamates (subject to hydrolysis) is 1. The van der Waals surface area contributed by atoms with Crippen molar-refractivity contribution in [3.8, 4) is 17.2 Å². The molecule has 0 aliphatic carbocycles. The van der Waals surface area contributed by atoms with Gasteiger partial charge in [0.2, 0.25) is 5.91 Å². The van der Waals surface area contributed by atoms with Gasteiger partial charge in [-0.05, 0) is 53.9 Å². The molecule has 0 radical (unpaired) electrons. The number of hydrazone groups is 1. The van der Waals surface area contributed by atoms with Crippen molar-refractivity contribution in [2.75, 3.05) is 20.8 Å². The number of carbonyl (C=O) groups excluding carboxylic acids is 2. The SMILES string of the molecule is CCOC(=O)N[C@H](CC(=O)N/N=C\c1ccc(OCc2ccc(OC)cc2)c(OC)c1)c1ccccc1. The van der Waals surface area contributed by atoms with Crippen LogP contribution in [0.25, 0.3) is 0 Å². The van der Waals surface area contributed by atoms with E-state index in [2.05, 4.69) is 15.8 Å². The third-order valence-corrected chi connectivity index (χ3v) is 5.30. The molecule has 0 unspecified atom stereocenters. The number of methoxy groups -OCH3 is 2. The number of ether oxygens (including phenoxy) is 4. The monoisotopic (exact) mass is 505 g/mol. The van der Waals surface area contributed by atoms with Crippen LogP contribution in [0.15, 0.2) is 77.9 Å². The number of carbonyl (C=O) groups is 2. The number of nitrogens with zero attached hydrogens (tertiary/aromatic N) is 1. The van der Waals surface area contributed by atoms with Gasteiger partial charge < -0.3 is 24.3 Å². The van der Waals surface area contributed by atoms with Crippen LogP contribution in [0, 0.1) is 0 Å². The van der Waals surface area contributed by atoms with E-state index in [0.717, 1.165) is 16.9 Å². The Morgan fingerprint density at radius 3 is 2.38 bits per heavy atom. The van der Waals surface area contributed by atoms with E-state index in [0.29, 0.717) is 23.7 Å². The van der Waals surface area contributed by atoms with Crippen LogP contribution in [0.1, 0.15) is 36.1 Å². The van der Waals surface area contributed by atoms with Crippen LogP contribution in [0.5, 0.6) is 17.2 Å². The van der Waals surface area contributed by atoms with Crippen LogP contribution in [-0.4, -0.2) is 39.0 Å². The molecule has 9 heteroatoms. The fraction of sp³-hybridized carbons (Fsp3) is 0.250. The van der Waals surface area contributed by atoms with Gasteiger partial charge >= 0.3 is 6.09 Å². The molecule has 0 bridgehead atoms. The standard InChI is InChI=1S/C28H31N3O6/c1-4-36-28(33)30-24(22-8-6-5-7-9-22)17-27(32)31-29-18-21-12-15-25(26(16-21)35-3)37-19-20-10-13-23(34-2)14-11-20/h5-16,18,24H,4,17,19H2,1-3H3,(H,30,33)(H,31,32)/b29-18-/t24-/m1/s1. The molecule has 0 spiro atoms. The van der Waals surface area contributed by atoms with E-state index in [4.69, 9.17) is 18.9 Å². The summed E-state index contributed by atoms with van der Waals surface area (Å²) < 4.78 is 21.5. The molecule has 2 N–H and O–H groups in total. The van der Waals surface area contributed by atoms with Crippen molar-refractivity contribution in [3.05, 3.63) is 89.5 Å². The highest BCUT2D eigenvalue weighted by Crippen LogP contribution is 2.28. The van der Waals surface area contributed by atoms with E-state index in [-0.39, 0.29) is 18.9 Å². The topological polar surface area (TPSA) is 107 Å². The highest BCUT2D eigenvalue weighted by atomic mass is 16.5. The van der Waals surface area contributed by atoms with Gasteiger partial charge in [0, 0.05) is 0 Å². The van der Waals surface area contributed by atoms with Crippen molar-refractivity contribution >= 4 is 18.2 Å². The van der Waals surface area contributed by atoms with E-state index < -0.39 is 12.1 Å². The summed E-state index contributed by atoms with van der Waals surface area (Å²) in [7, 11) is 3.18. The van der Waals surface area contributed by atoms with Crippen molar-refractivity contribution in [1.82, 2.24) is 10.7 Å². The molecule has 0 saturated carbocycles. The average Bonchev–Trinajstić information content (AvgIpc) is 2.92. The molecule has 0 saturated heterocycles. The second-order valence-corrected chi connectivity index (χ2v) is 7.87. The lowest BCUT2D eigenvalue weighted by atomic mass is 10.0. The highest BCUT2D eigenvalue weighted by molar-refractivity contribution is 5.83. The normalized spacial score (nSPS) is 11.4. The Bertz CT molecular complexity index is 1180.